The third-order valence-electron chi connectivity index (χ3n) is 4.24. The van der Waals surface area contributed by atoms with Crippen molar-refractivity contribution in [1.29, 1.82) is 0 Å². The Labute approximate surface area is 108 Å². The molecular formula is C16H29N. The fraction of sp³-hybridized carbons (Fsp3) is 0.875. The zero-order valence-electron chi connectivity index (χ0n) is 12.1. The molecule has 1 aliphatic rings. The van der Waals surface area contributed by atoms with E-state index < -0.39 is 0 Å². The predicted molar refractivity (Wildman–Crippen MR) is 75.9 cm³/mol. The van der Waals surface area contributed by atoms with Gasteiger partial charge < -0.3 is 5.32 Å². The van der Waals surface area contributed by atoms with Crippen LogP contribution in [0.15, 0.2) is 0 Å². The van der Waals surface area contributed by atoms with Gasteiger partial charge in [-0.25, -0.2) is 0 Å². The molecular weight excluding hydrogens is 206 g/mol. The van der Waals surface area contributed by atoms with Crippen LogP contribution in [0.4, 0.5) is 0 Å². The SMILES string of the molecule is CC#CCCC(NC)C1(CC(C)C)CCCC1. The highest BCUT2D eigenvalue weighted by Gasteiger charge is 2.40. The summed E-state index contributed by atoms with van der Waals surface area (Å²) < 4.78 is 0. The van der Waals surface area contributed by atoms with Crippen LogP contribution in [0.3, 0.4) is 0 Å². The van der Waals surface area contributed by atoms with Crippen molar-refractivity contribution in [2.45, 2.75) is 71.8 Å². The molecule has 1 aliphatic carbocycles. The molecule has 1 fully saturated rings. The maximum absolute atomic E-state index is 3.58. The van der Waals surface area contributed by atoms with E-state index in [1.54, 1.807) is 0 Å². The molecule has 98 valence electrons. The average molecular weight is 235 g/mol. The van der Waals surface area contributed by atoms with Gasteiger partial charge in [0, 0.05) is 12.5 Å². The van der Waals surface area contributed by atoms with Crippen LogP contribution in [0.2, 0.25) is 0 Å². The minimum atomic E-state index is 0.554. The van der Waals surface area contributed by atoms with Gasteiger partial charge in [-0.05, 0) is 51.0 Å². The maximum Gasteiger partial charge on any atom is 0.0130 e. The molecule has 0 heterocycles. The molecule has 1 nitrogen and oxygen atoms in total. The zero-order valence-corrected chi connectivity index (χ0v) is 12.1. The summed E-state index contributed by atoms with van der Waals surface area (Å²) in [6, 6.07) is 0.660. The van der Waals surface area contributed by atoms with Crippen molar-refractivity contribution >= 4 is 0 Å². The Hall–Kier alpha value is -0.480. The Balaban J connectivity index is 2.67. The van der Waals surface area contributed by atoms with Crippen LogP contribution in [0.1, 0.15) is 65.7 Å². The molecule has 1 N–H and O–H groups in total. The second-order valence-corrected chi connectivity index (χ2v) is 5.97. The number of hydrogen-bond acceptors (Lipinski definition) is 1. The topological polar surface area (TPSA) is 12.0 Å². The molecule has 17 heavy (non-hydrogen) atoms. The quantitative estimate of drug-likeness (QED) is 0.687. The van der Waals surface area contributed by atoms with Gasteiger partial charge in [0.1, 0.15) is 0 Å². The molecule has 0 aliphatic heterocycles. The summed E-state index contributed by atoms with van der Waals surface area (Å²) in [5.74, 6) is 7.04. The summed E-state index contributed by atoms with van der Waals surface area (Å²) >= 11 is 0. The number of rotatable bonds is 6. The van der Waals surface area contributed by atoms with Crippen LogP contribution in [-0.4, -0.2) is 13.1 Å². The molecule has 1 unspecified atom stereocenters. The van der Waals surface area contributed by atoms with Gasteiger partial charge in [-0.2, -0.15) is 0 Å². The maximum atomic E-state index is 3.58. The molecule has 1 rings (SSSR count). The summed E-state index contributed by atoms with van der Waals surface area (Å²) in [4.78, 5) is 0. The minimum Gasteiger partial charge on any atom is -0.316 e. The van der Waals surface area contributed by atoms with Gasteiger partial charge >= 0.3 is 0 Å². The van der Waals surface area contributed by atoms with E-state index in [0.29, 0.717) is 11.5 Å². The van der Waals surface area contributed by atoms with Crippen LogP contribution in [-0.2, 0) is 0 Å². The lowest BCUT2D eigenvalue weighted by molar-refractivity contribution is 0.155. The summed E-state index contributed by atoms with van der Waals surface area (Å²) in [5, 5.41) is 3.58. The molecule has 0 amide bonds. The van der Waals surface area contributed by atoms with Crippen molar-refractivity contribution in [2.75, 3.05) is 7.05 Å². The summed E-state index contributed by atoms with van der Waals surface area (Å²) in [5.41, 5.74) is 0.554. The van der Waals surface area contributed by atoms with Crippen molar-refractivity contribution in [2.24, 2.45) is 11.3 Å². The lowest BCUT2D eigenvalue weighted by Gasteiger charge is -2.39. The van der Waals surface area contributed by atoms with Gasteiger partial charge in [-0.15, -0.1) is 11.8 Å². The molecule has 0 aromatic heterocycles. The third kappa shape index (κ3) is 4.03. The van der Waals surface area contributed by atoms with Crippen LogP contribution >= 0.6 is 0 Å². The van der Waals surface area contributed by atoms with Crippen LogP contribution < -0.4 is 5.32 Å². The smallest absolute Gasteiger partial charge is 0.0130 e. The highest BCUT2D eigenvalue weighted by molar-refractivity contribution is 5.00. The molecule has 1 saturated carbocycles. The lowest BCUT2D eigenvalue weighted by Crippen LogP contribution is -2.43. The first-order chi connectivity index (χ1) is 8.14. The summed E-state index contributed by atoms with van der Waals surface area (Å²) in [7, 11) is 2.13. The first-order valence-electron chi connectivity index (χ1n) is 7.21. The highest BCUT2D eigenvalue weighted by Crippen LogP contribution is 2.46. The Bertz CT molecular complexity index is 263. The Kier molecular flexibility index (Phi) is 6.06. The molecule has 0 aromatic carbocycles. The fourth-order valence-electron chi connectivity index (χ4n) is 3.69. The molecule has 0 spiro atoms. The van der Waals surface area contributed by atoms with Gasteiger partial charge in [-0.1, -0.05) is 26.7 Å². The molecule has 1 atom stereocenters. The first kappa shape index (κ1) is 14.6. The largest absolute Gasteiger partial charge is 0.316 e. The van der Waals surface area contributed by atoms with E-state index in [-0.39, 0.29) is 0 Å². The zero-order chi connectivity index (χ0) is 12.7. The Morgan fingerprint density at radius 2 is 1.88 bits per heavy atom. The van der Waals surface area contributed by atoms with Crippen LogP contribution in [0.25, 0.3) is 0 Å². The normalized spacial score (nSPS) is 20.1. The monoisotopic (exact) mass is 235 g/mol. The van der Waals surface area contributed by atoms with Gasteiger partial charge in [0.05, 0.1) is 0 Å². The van der Waals surface area contributed by atoms with Crippen molar-refractivity contribution in [3.8, 4) is 11.8 Å². The van der Waals surface area contributed by atoms with E-state index in [2.05, 4.69) is 38.1 Å². The minimum absolute atomic E-state index is 0.554. The second-order valence-electron chi connectivity index (χ2n) is 5.97. The van der Waals surface area contributed by atoms with Crippen molar-refractivity contribution in [1.82, 2.24) is 5.32 Å². The third-order valence-corrected chi connectivity index (χ3v) is 4.24. The van der Waals surface area contributed by atoms with Crippen LogP contribution in [0.5, 0.6) is 0 Å². The first-order valence-corrected chi connectivity index (χ1v) is 7.21. The Morgan fingerprint density at radius 3 is 2.35 bits per heavy atom. The van der Waals surface area contributed by atoms with Crippen molar-refractivity contribution in [3.05, 3.63) is 0 Å². The van der Waals surface area contributed by atoms with Crippen molar-refractivity contribution in [3.63, 3.8) is 0 Å². The number of nitrogens with one attached hydrogen (secondary N) is 1. The second kappa shape index (κ2) is 7.07. The average Bonchev–Trinajstić information content (AvgIpc) is 2.73. The van der Waals surface area contributed by atoms with E-state index in [1.807, 2.05) is 6.92 Å². The number of hydrogen-bond donors (Lipinski definition) is 1. The highest BCUT2D eigenvalue weighted by atomic mass is 14.9. The summed E-state index contributed by atoms with van der Waals surface area (Å²) in [6.45, 7) is 6.66. The van der Waals surface area contributed by atoms with E-state index >= 15 is 0 Å². The molecule has 0 radical (unpaired) electrons. The molecule has 0 bridgehead atoms. The van der Waals surface area contributed by atoms with Crippen molar-refractivity contribution < 1.29 is 0 Å². The van der Waals surface area contributed by atoms with E-state index in [0.717, 1.165) is 12.3 Å². The van der Waals surface area contributed by atoms with Gasteiger partial charge in [0.25, 0.3) is 0 Å². The molecule has 0 saturated heterocycles. The van der Waals surface area contributed by atoms with E-state index in [9.17, 15) is 0 Å². The fourth-order valence-corrected chi connectivity index (χ4v) is 3.69. The van der Waals surface area contributed by atoms with E-state index in [1.165, 1.54) is 38.5 Å². The molecule has 0 aromatic rings. The van der Waals surface area contributed by atoms with E-state index in [4.69, 9.17) is 0 Å². The predicted octanol–water partition coefficient (Wildman–Crippen LogP) is 3.98. The van der Waals surface area contributed by atoms with Gasteiger partial charge in [-0.3, -0.25) is 0 Å². The summed E-state index contributed by atoms with van der Waals surface area (Å²) in [6.07, 6.45) is 9.30. The molecule has 1 heteroatoms. The van der Waals surface area contributed by atoms with Crippen LogP contribution in [0, 0.1) is 23.2 Å². The van der Waals surface area contributed by atoms with Gasteiger partial charge in [0.2, 0.25) is 0 Å². The standard InChI is InChI=1S/C16H29N/c1-5-6-7-10-15(17-4)16(13-14(2)3)11-8-9-12-16/h14-15,17H,7-13H2,1-4H3. The lowest BCUT2D eigenvalue weighted by atomic mass is 9.71. The Morgan fingerprint density at radius 1 is 1.24 bits per heavy atom. The van der Waals surface area contributed by atoms with Gasteiger partial charge in [0.15, 0.2) is 0 Å².